The maximum absolute atomic E-state index is 4.25. The van der Waals surface area contributed by atoms with E-state index in [-0.39, 0.29) is 0 Å². The van der Waals surface area contributed by atoms with Crippen molar-refractivity contribution >= 4 is 11.8 Å². The summed E-state index contributed by atoms with van der Waals surface area (Å²) in [6, 6.07) is 6.67. The zero-order chi connectivity index (χ0) is 12.4. The minimum Gasteiger partial charge on any atom is -0.345 e. The van der Waals surface area contributed by atoms with Crippen LogP contribution in [0.2, 0.25) is 0 Å². The fraction of sp³-hybridized carbons (Fsp3) is 0.357. The van der Waals surface area contributed by atoms with Crippen LogP contribution in [0.25, 0.3) is 0 Å². The number of benzene rings is 1. The van der Waals surface area contributed by atoms with E-state index in [2.05, 4.69) is 48.9 Å². The Hall–Kier alpha value is -1.22. The number of H-pyrrole nitrogens is 1. The molecule has 1 N–H and O–H groups in total. The molecule has 1 aromatic carbocycles. The molecule has 2 rings (SSSR count). The van der Waals surface area contributed by atoms with Gasteiger partial charge in [0.05, 0.1) is 0 Å². The van der Waals surface area contributed by atoms with Crippen LogP contribution in [0.3, 0.4) is 0 Å². The molecular weight excluding hydrogens is 228 g/mol. The molecule has 2 aromatic rings. The zero-order valence-electron chi connectivity index (χ0n) is 10.7. The second-order valence-corrected chi connectivity index (χ2v) is 5.92. The molecule has 0 spiro atoms. The third kappa shape index (κ3) is 3.13. The second-order valence-electron chi connectivity index (χ2n) is 4.51. The molecule has 0 aliphatic carbocycles. The number of aromatic nitrogens is 2. The van der Waals surface area contributed by atoms with Crippen molar-refractivity contribution in [1.82, 2.24) is 9.97 Å². The van der Waals surface area contributed by atoms with Crippen molar-refractivity contribution in [2.75, 3.05) is 0 Å². The molecule has 1 heterocycles. The van der Waals surface area contributed by atoms with E-state index in [1.807, 2.05) is 24.9 Å². The van der Waals surface area contributed by atoms with Gasteiger partial charge in [0, 0.05) is 22.0 Å². The summed E-state index contributed by atoms with van der Waals surface area (Å²) in [7, 11) is 0. The van der Waals surface area contributed by atoms with E-state index in [9.17, 15) is 0 Å². The van der Waals surface area contributed by atoms with Gasteiger partial charge in [-0.1, -0.05) is 6.07 Å². The van der Waals surface area contributed by atoms with Gasteiger partial charge in [-0.25, -0.2) is 4.98 Å². The standard InChI is InChI=1S/C14H18N2S/c1-9-5-10(2)7-13(6-9)17-11(3)14-8-15-12(4)16-14/h5-8,11H,1-4H3,(H,15,16). The van der Waals surface area contributed by atoms with Crippen molar-refractivity contribution < 1.29 is 0 Å². The summed E-state index contributed by atoms with van der Waals surface area (Å²) in [6.07, 6.45) is 1.93. The van der Waals surface area contributed by atoms with E-state index in [1.165, 1.54) is 21.7 Å². The predicted octanol–water partition coefficient (Wildman–Crippen LogP) is 4.19. The molecule has 1 atom stereocenters. The fourth-order valence-corrected chi connectivity index (χ4v) is 3.08. The lowest BCUT2D eigenvalue weighted by Crippen LogP contribution is -1.89. The molecule has 0 aliphatic heterocycles. The Bertz CT molecular complexity index is 496. The second kappa shape index (κ2) is 4.96. The molecule has 90 valence electrons. The van der Waals surface area contributed by atoms with E-state index in [4.69, 9.17) is 0 Å². The Morgan fingerprint density at radius 2 is 1.76 bits per heavy atom. The summed E-state index contributed by atoms with van der Waals surface area (Å²) in [4.78, 5) is 8.86. The van der Waals surface area contributed by atoms with Gasteiger partial charge in [-0.15, -0.1) is 11.8 Å². The lowest BCUT2D eigenvalue weighted by Gasteiger charge is -2.10. The highest BCUT2D eigenvalue weighted by atomic mass is 32.2. The van der Waals surface area contributed by atoms with Crippen LogP contribution >= 0.6 is 11.8 Å². The largest absolute Gasteiger partial charge is 0.345 e. The monoisotopic (exact) mass is 246 g/mol. The molecule has 3 heteroatoms. The summed E-state index contributed by atoms with van der Waals surface area (Å²) in [5, 5.41) is 0.400. The minimum atomic E-state index is 0.400. The Morgan fingerprint density at radius 3 is 2.29 bits per heavy atom. The molecule has 0 bridgehead atoms. The van der Waals surface area contributed by atoms with Crippen LogP contribution in [-0.4, -0.2) is 9.97 Å². The van der Waals surface area contributed by atoms with Crippen molar-refractivity contribution in [3.63, 3.8) is 0 Å². The molecule has 1 unspecified atom stereocenters. The maximum atomic E-state index is 4.25. The number of nitrogens with zero attached hydrogens (tertiary/aromatic N) is 1. The summed E-state index contributed by atoms with van der Waals surface area (Å²) >= 11 is 1.87. The van der Waals surface area contributed by atoms with Gasteiger partial charge in [-0.3, -0.25) is 0 Å². The summed E-state index contributed by atoms with van der Waals surface area (Å²) in [5.41, 5.74) is 3.83. The van der Waals surface area contributed by atoms with Crippen molar-refractivity contribution in [3.8, 4) is 0 Å². The molecule has 0 saturated heterocycles. The highest BCUT2D eigenvalue weighted by molar-refractivity contribution is 7.99. The molecular formula is C14H18N2S. The summed E-state index contributed by atoms with van der Waals surface area (Å²) < 4.78 is 0. The van der Waals surface area contributed by atoms with Crippen molar-refractivity contribution in [1.29, 1.82) is 0 Å². The molecule has 0 amide bonds. The molecule has 17 heavy (non-hydrogen) atoms. The van der Waals surface area contributed by atoms with Gasteiger partial charge in [-0.05, 0) is 51.0 Å². The average molecular weight is 246 g/mol. The van der Waals surface area contributed by atoms with E-state index in [0.29, 0.717) is 5.25 Å². The fourth-order valence-electron chi connectivity index (χ4n) is 1.91. The minimum absolute atomic E-state index is 0.400. The molecule has 0 saturated carbocycles. The van der Waals surface area contributed by atoms with Gasteiger partial charge in [0.1, 0.15) is 5.82 Å². The first-order valence-electron chi connectivity index (χ1n) is 5.81. The summed E-state index contributed by atoms with van der Waals surface area (Å²) in [5.74, 6) is 0.980. The molecule has 2 nitrogen and oxygen atoms in total. The first kappa shape index (κ1) is 12.2. The van der Waals surface area contributed by atoms with Crippen LogP contribution < -0.4 is 0 Å². The first-order valence-corrected chi connectivity index (χ1v) is 6.69. The van der Waals surface area contributed by atoms with Gasteiger partial charge in [0.2, 0.25) is 0 Å². The van der Waals surface area contributed by atoms with E-state index >= 15 is 0 Å². The third-order valence-electron chi connectivity index (χ3n) is 2.67. The Labute approximate surface area is 107 Å². The number of aromatic amines is 1. The quantitative estimate of drug-likeness (QED) is 0.823. The average Bonchev–Trinajstić information content (AvgIpc) is 2.63. The topological polar surface area (TPSA) is 28.7 Å². The lowest BCUT2D eigenvalue weighted by molar-refractivity contribution is 1.01. The Balaban J connectivity index is 2.15. The molecule has 0 radical (unpaired) electrons. The van der Waals surface area contributed by atoms with E-state index in [0.717, 1.165) is 5.82 Å². The van der Waals surface area contributed by atoms with Crippen LogP contribution in [0.15, 0.2) is 29.3 Å². The van der Waals surface area contributed by atoms with E-state index < -0.39 is 0 Å². The Morgan fingerprint density at radius 1 is 1.12 bits per heavy atom. The molecule has 1 aromatic heterocycles. The van der Waals surface area contributed by atoms with Crippen LogP contribution in [0.1, 0.15) is 34.8 Å². The first-order chi connectivity index (χ1) is 8.04. The van der Waals surface area contributed by atoms with Gasteiger partial charge in [-0.2, -0.15) is 0 Å². The number of aryl methyl sites for hydroxylation is 3. The van der Waals surface area contributed by atoms with Crippen LogP contribution in [0, 0.1) is 20.8 Å². The van der Waals surface area contributed by atoms with Crippen LogP contribution in [0.4, 0.5) is 0 Å². The van der Waals surface area contributed by atoms with Crippen LogP contribution in [-0.2, 0) is 0 Å². The third-order valence-corrected chi connectivity index (χ3v) is 3.78. The Kier molecular flexibility index (Phi) is 3.57. The van der Waals surface area contributed by atoms with Gasteiger partial charge >= 0.3 is 0 Å². The van der Waals surface area contributed by atoms with Gasteiger partial charge < -0.3 is 4.98 Å². The number of rotatable bonds is 3. The highest BCUT2D eigenvalue weighted by Gasteiger charge is 2.10. The number of hydrogen-bond donors (Lipinski definition) is 1. The molecule has 0 fully saturated rings. The number of thioether (sulfide) groups is 1. The van der Waals surface area contributed by atoms with E-state index in [1.54, 1.807) is 0 Å². The summed E-state index contributed by atoms with van der Waals surface area (Å²) in [6.45, 7) is 8.47. The normalized spacial score (nSPS) is 12.7. The lowest BCUT2D eigenvalue weighted by atomic mass is 10.2. The number of imidazole rings is 1. The van der Waals surface area contributed by atoms with Crippen molar-refractivity contribution in [2.45, 2.75) is 37.8 Å². The van der Waals surface area contributed by atoms with Crippen LogP contribution in [0.5, 0.6) is 0 Å². The SMILES string of the molecule is Cc1cc(C)cc(SC(C)c2cnc(C)[nH]2)c1. The van der Waals surface area contributed by atoms with Gasteiger partial charge in [0.15, 0.2) is 0 Å². The highest BCUT2D eigenvalue weighted by Crippen LogP contribution is 2.34. The maximum Gasteiger partial charge on any atom is 0.103 e. The smallest absolute Gasteiger partial charge is 0.103 e. The predicted molar refractivity (Wildman–Crippen MR) is 73.5 cm³/mol. The number of hydrogen-bond acceptors (Lipinski definition) is 2. The van der Waals surface area contributed by atoms with Crippen molar-refractivity contribution in [3.05, 3.63) is 47.0 Å². The van der Waals surface area contributed by atoms with Crippen molar-refractivity contribution in [2.24, 2.45) is 0 Å². The number of nitrogens with one attached hydrogen (secondary N) is 1. The molecule has 0 aliphatic rings. The van der Waals surface area contributed by atoms with Gasteiger partial charge in [0.25, 0.3) is 0 Å². The zero-order valence-corrected chi connectivity index (χ0v) is 11.6.